The summed E-state index contributed by atoms with van der Waals surface area (Å²) in [4.78, 5) is 2.38. The Morgan fingerprint density at radius 1 is 0.226 bits per heavy atom. The van der Waals surface area contributed by atoms with E-state index < -0.39 is 0 Å². The molecule has 53 heavy (non-hydrogen) atoms. The third kappa shape index (κ3) is 6.65. The van der Waals surface area contributed by atoms with E-state index in [1.807, 2.05) is 0 Å². The summed E-state index contributed by atoms with van der Waals surface area (Å²) < 4.78 is 0. The Kier molecular flexibility index (Phi) is 8.66. The van der Waals surface area contributed by atoms with Crippen molar-refractivity contribution in [3.8, 4) is 55.6 Å². The molecule has 0 spiro atoms. The zero-order chi connectivity index (χ0) is 35.4. The first kappa shape index (κ1) is 32.0. The minimum absolute atomic E-state index is 1.10. The molecule has 0 N–H and O–H groups in total. The molecule has 0 atom stereocenters. The van der Waals surface area contributed by atoms with Crippen molar-refractivity contribution in [2.24, 2.45) is 0 Å². The molecule has 0 aliphatic heterocycles. The van der Waals surface area contributed by atoms with E-state index in [0.717, 1.165) is 17.1 Å². The van der Waals surface area contributed by atoms with Crippen LogP contribution in [0, 0.1) is 0 Å². The van der Waals surface area contributed by atoms with Crippen molar-refractivity contribution in [3.05, 3.63) is 224 Å². The average molecular weight is 676 g/mol. The van der Waals surface area contributed by atoms with Crippen molar-refractivity contribution in [1.29, 1.82) is 0 Å². The Morgan fingerprint density at radius 2 is 0.623 bits per heavy atom. The predicted octanol–water partition coefficient (Wildman–Crippen LogP) is 14.6. The van der Waals surface area contributed by atoms with Gasteiger partial charge in [-0.25, -0.2) is 0 Å². The quantitative estimate of drug-likeness (QED) is 0.155. The van der Waals surface area contributed by atoms with E-state index in [1.165, 1.54) is 66.4 Å². The highest BCUT2D eigenvalue weighted by molar-refractivity contribution is 5.90. The molecule has 1 heteroatoms. The van der Waals surface area contributed by atoms with E-state index in [1.54, 1.807) is 0 Å². The van der Waals surface area contributed by atoms with Gasteiger partial charge in [-0.1, -0.05) is 182 Å². The second-order valence-electron chi connectivity index (χ2n) is 13.4. The van der Waals surface area contributed by atoms with Gasteiger partial charge in [-0.3, -0.25) is 0 Å². The highest BCUT2D eigenvalue weighted by Crippen LogP contribution is 2.42. The number of nitrogens with zero attached hydrogens (tertiary/aromatic N) is 1. The molecule has 0 unspecified atom stereocenters. The minimum atomic E-state index is 1.10. The van der Waals surface area contributed by atoms with Gasteiger partial charge in [0.25, 0.3) is 0 Å². The van der Waals surface area contributed by atoms with Gasteiger partial charge in [0.2, 0.25) is 0 Å². The topological polar surface area (TPSA) is 3.24 Å². The van der Waals surface area contributed by atoms with Gasteiger partial charge in [0.15, 0.2) is 0 Å². The van der Waals surface area contributed by atoms with Crippen LogP contribution in [0.15, 0.2) is 224 Å². The standard InChI is InChI=1S/C52H37N/c1-3-12-38(13-4-1)41-22-25-44(26-23-41)51-20-9-10-21-52(51)53(49-32-28-42(29-33-49)39-14-5-2-6-15-39)50-34-30-43(31-35-50)46-18-11-19-47(36-46)48-27-24-40-16-7-8-17-45(40)37-48/h1-37H. The van der Waals surface area contributed by atoms with Gasteiger partial charge >= 0.3 is 0 Å². The van der Waals surface area contributed by atoms with E-state index in [4.69, 9.17) is 0 Å². The molecular weight excluding hydrogens is 639 g/mol. The number of benzene rings is 9. The highest BCUT2D eigenvalue weighted by Gasteiger charge is 2.18. The predicted molar refractivity (Wildman–Crippen MR) is 226 cm³/mol. The molecule has 9 aromatic carbocycles. The molecule has 0 aliphatic carbocycles. The summed E-state index contributed by atoms with van der Waals surface area (Å²) in [6, 6.07) is 80.8. The molecule has 9 rings (SSSR count). The van der Waals surface area contributed by atoms with Crippen LogP contribution in [0.1, 0.15) is 0 Å². The van der Waals surface area contributed by atoms with Gasteiger partial charge in [0.1, 0.15) is 0 Å². The molecule has 0 saturated heterocycles. The lowest BCUT2D eigenvalue weighted by atomic mass is 9.96. The molecular formula is C52H37N. The van der Waals surface area contributed by atoms with Gasteiger partial charge in [0.05, 0.1) is 5.69 Å². The molecule has 250 valence electrons. The molecule has 0 radical (unpaired) electrons. The maximum Gasteiger partial charge on any atom is 0.0540 e. The summed E-state index contributed by atoms with van der Waals surface area (Å²) in [7, 11) is 0. The first-order chi connectivity index (χ1) is 26.3. The van der Waals surface area contributed by atoms with Gasteiger partial charge < -0.3 is 4.90 Å². The Labute approximate surface area is 311 Å². The Bertz CT molecular complexity index is 2620. The maximum atomic E-state index is 2.38. The first-order valence-corrected chi connectivity index (χ1v) is 18.2. The highest BCUT2D eigenvalue weighted by atomic mass is 15.1. The second-order valence-corrected chi connectivity index (χ2v) is 13.4. The fourth-order valence-electron chi connectivity index (χ4n) is 7.30. The van der Waals surface area contributed by atoms with E-state index >= 15 is 0 Å². The summed E-state index contributed by atoms with van der Waals surface area (Å²) >= 11 is 0. The van der Waals surface area contributed by atoms with Crippen LogP contribution in [0.4, 0.5) is 17.1 Å². The van der Waals surface area contributed by atoms with E-state index in [2.05, 4.69) is 229 Å². The zero-order valence-corrected chi connectivity index (χ0v) is 29.3. The molecule has 9 aromatic rings. The normalized spacial score (nSPS) is 11.0. The SMILES string of the molecule is c1ccc(-c2ccc(-c3ccccc3N(c3ccc(-c4ccccc4)cc3)c3ccc(-c4cccc(-c5ccc6ccccc6c5)c4)cc3)cc2)cc1. The van der Waals surface area contributed by atoms with E-state index in [9.17, 15) is 0 Å². The summed E-state index contributed by atoms with van der Waals surface area (Å²) in [5.74, 6) is 0. The number of para-hydroxylation sites is 1. The fourth-order valence-corrected chi connectivity index (χ4v) is 7.30. The van der Waals surface area contributed by atoms with Crippen LogP contribution < -0.4 is 4.90 Å². The van der Waals surface area contributed by atoms with Gasteiger partial charge in [-0.05, 0) is 103 Å². The van der Waals surface area contributed by atoms with Crippen LogP contribution in [0.3, 0.4) is 0 Å². The number of rotatable bonds is 8. The third-order valence-corrected chi connectivity index (χ3v) is 10.1. The fraction of sp³-hybridized carbons (Fsp3) is 0. The van der Waals surface area contributed by atoms with Crippen molar-refractivity contribution in [1.82, 2.24) is 0 Å². The van der Waals surface area contributed by atoms with Crippen molar-refractivity contribution >= 4 is 27.8 Å². The summed E-state index contributed by atoms with van der Waals surface area (Å²) in [6.45, 7) is 0. The molecule has 0 heterocycles. The van der Waals surface area contributed by atoms with Gasteiger partial charge in [-0.2, -0.15) is 0 Å². The molecule has 0 fully saturated rings. The maximum absolute atomic E-state index is 2.38. The first-order valence-electron chi connectivity index (χ1n) is 18.2. The lowest BCUT2D eigenvalue weighted by molar-refractivity contribution is 1.28. The molecule has 1 nitrogen and oxygen atoms in total. The summed E-state index contributed by atoms with van der Waals surface area (Å²) in [6.07, 6.45) is 0. The summed E-state index contributed by atoms with van der Waals surface area (Å²) in [5, 5.41) is 2.51. The number of fused-ring (bicyclic) bond motifs is 1. The van der Waals surface area contributed by atoms with Crippen molar-refractivity contribution in [2.75, 3.05) is 4.90 Å². The van der Waals surface area contributed by atoms with Crippen LogP contribution in [0.2, 0.25) is 0 Å². The van der Waals surface area contributed by atoms with Crippen LogP contribution in [-0.4, -0.2) is 0 Å². The molecule has 0 aliphatic rings. The van der Waals surface area contributed by atoms with E-state index in [0.29, 0.717) is 0 Å². The largest absolute Gasteiger partial charge is 0.310 e. The zero-order valence-electron chi connectivity index (χ0n) is 29.3. The summed E-state index contributed by atoms with van der Waals surface area (Å²) in [5.41, 5.74) is 15.3. The number of anilines is 3. The van der Waals surface area contributed by atoms with Gasteiger partial charge in [0, 0.05) is 16.9 Å². The Balaban J connectivity index is 1.10. The average Bonchev–Trinajstić information content (AvgIpc) is 3.25. The lowest BCUT2D eigenvalue weighted by Crippen LogP contribution is -2.11. The smallest absolute Gasteiger partial charge is 0.0540 e. The second kappa shape index (κ2) is 14.3. The molecule has 0 bridgehead atoms. The third-order valence-electron chi connectivity index (χ3n) is 10.1. The van der Waals surface area contributed by atoms with Crippen molar-refractivity contribution in [2.45, 2.75) is 0 Å². The Hall–Kier alpha value is -6.96. The molecule has 0 aromatic heterocycles. The van der Waals surface area contributed by atoms with Crippen molar-refractivity contribution < 1.29 is 0 Å². The number of hydrogen-bond donors (Lipinski definition) is 0. The minimum Gasteiger partial charge on any atom is -0.310 e. The Morgan fingerprint density at radius 3 is 1.25 bits per heavy atom. The molecule has 0 amide bonds. The van der Waals surface area contributed by atoms with Crippen LogP contribution in [0.25, 0.3) is 66.4 Å². The van der Waals surface area contributed by atoms with Gasteiger partial charge in [-0.15, -0.1) is 0 Å². The van der Waals surface area contributed by atoms with Crippen LogP contribution >= 0.6 is 0 Å². The number of hydrogen-bond acceptors (Lipinski definition) is 1. The van der Waals surface area contributed by atoms with Crippen LogP contribution in [-0.2, 0) is 0 Å². The lowest BCUT2D eigenvalue weighted by Gasteiger charge is -2.28. The van der Waals surface area contributed by atoms with Crippen molar-refractivity contribution in [3.63, 3.8) is 0 Å². The monoisotopic (exact) mass is 675 g/mol. The molecule has 0 saturated carbocycles. The van der Waals surface area contributed by atoms with Crippen LogP contribution in [0.5, 0.6) is 0 Å². The van der Waals surface area contributed by atoms with E-state index in [-0.39, 0.29) is 0 Å².